The van der Waals surface area contributed by atoms with Crippen LogP contribution < -0.4 is 10.1 Å². The average Bonchev–Trinajstić information content (AvgIpc) is 3.41. The van der Waals surface area contributed by atoms with Crippen LogP contribution in [0.5, 0.6) is 5.88 Å². The summed E-state index contributed by atoms with van der Waals surface area (Å²) >= 11 is 0. The Balaban J connectivity index is 1.46. The molecule has 0 spiro atoms. The van der Waals surface area contributed by atoms with E-state index < -0.39 is 0 Å². The van der Waals surface area contributed by atoms with Crippen molar-refractivity contribution < 1.29 is 18.4 Å². The number of pyridine rings is 1. The van der Waals surface area contributed by atoms with Crippen molar-refractivity contribution in [2.24, 2.45) is 0 Å². The zero-order chi connectivity index (χ0) is 18.8. The number of aromatic nitrogens is 2. The number of aryl methyl sites for hydroxylation is 1. The van der Waals surface area contributed by atoms with Gasteiger partial charge in [-0.2, -0.15) is 0 Å². The number of hydrogen-bond donors (Lipinski definition) is 1. The Hall–Kier alpha value is -3.22. The first-order chi connectivity index (χ1) is 13.1. The topological polar surface area (TPSA) is 77.2 Å². The van der Waals surface area contributed by atoms with Crippen LogP contribution in [0.2, 0.25) is 0 Å². The van der Waals surface area contributed by atoms with Gasteiger partial charge in [0.1, 0.15) is 23.9 Å². The van der Waals surface area contributed by atoms with Gasteiger partial charge in [-0.05, 0) is 38.0 Å². The lowest BCUT2D eigenvalue weighted by Crippen LogP contribution is -2.25. The summed E-state index contributed by atoms with van der Waals surface area (Å²) in [5, 5.41) is 6.93. The number of carbonyl (C=O) groups excluding carboxylic acids is 1. The Morgan fingerprint density at radius 3 is 2.89 bits per heavy atom. The van der Waals surface area contributed by atoms with E-state index in [0.717, 1.165) is 18.4 Å². The normalized spacial score (nSPS) is 13.4. The smallest absolute Gasteiger partial charge is 0.253 e. The molecule has 0 bridgehead atoms. The standard InChI is InChI=1S/C20H18FN3O3/c1-12-17(19(24-27-12)13-3-2-4-15(21)9-13)11-26-18-8-5-14(10-22-18)20(25)23-16-6-7-16/h2-5,8-10,16H,6-7,11H2,1H3,(H,23,25). The molecule has 3 aromatic rings. The number of carbonyl (C=O) groups is 1. The molecule has 0 atom stereocenters. The van der Waals surface area contributed by atoms with Crippen molar-refractivity contribution in [3.63, 3.8) is 0 Å². The van der Waals surface area contributed by atoms with Crippen LogP contribution in [0.25, 0.3) is 11.3 Å². The minimum atomic E-state index is -0.346. The molecule has 1 fully saturated rings. The molecule has 4 rings (SSSR count). The summed E-state index contributed by atoms with van der Waals surface area (Å²) in [6.45, 7) is 1.94. The average molecular weight is 367 g/mol. The van der Waals surface area contributed by atoms with Gasteiger partial charge in [0.15, 0.2) is 0 Å². The Kier molecular flexibility index (Phi) is 4.58. The zero-order valence-corrected chi connectivity index (χ0v) is 14.7. The number of hydrogen-bond acceptors (Lipinski definition) is 5. The van der Waals surface area contributed by atoms with E-state index in [1.165, 1.54) is 18.3 Å². The van der Waals surface area contributed by atoms with E-state index in [1.54, 1.807) is 31.2 Å². The molecule has 6 nitrogen and oxygen atoms in total. The van der Waals surface area contributed by atoms with Gasteiger partial charge in [0.25, 0.3) is 5.91 Å². The van der Waals surface area contributed by atoms with Gasteiger partial charge in [0, 0.05) is 23.9 Å². The molecule has 1 amide bonds. The number of nitrogens with one attached hydrogen (secondary N) is 1. The molecule has 2 aromatic heterocycles. The molecule has 0 saturated heterocycles. The first-order valence-corrected chi connectivity index (χ1v) is 8.71. The number of ether oxygens (including phenoxy) is 1. The van der Waals surface area contributed by atoms with Gasteiger partial charge in [-0.25, -0.2) is 9.37 Å². The van der Waals surface area contributed by atoms with E-state index >= 15 is 0 Å². The van der Waals surface area contributed by atoms with Crippen molar-refractivity contribution in [2.45, 2.75) is 32.4 Å². The van der Waals surface area contributed by atoms with Crippen molar-refractivity contribution in [3.05, 3.63) is 65.3 Å². The number of amides is 1. The highest BCUT2D eigenvalue weighted by atomic mass is 19.1. The lowest BCUT2D eigenvalue weighted by Gasteiger charge is -2.07. The monoisotopic (exact) mass is 367 g/mol. The van der Waals surface area contributed by atoms with Crippen LogP contribution in [0, 0.1) is 12.7 Å². The molecular formula is C20H18FN3O3. The predicted octanol–water partition coefficient (Wildman–Crippen LogP) is 3.66. The van der Waals surface area contributed by atoms with E-state index in [9.17, 15) is 9.18 Å². The fraction of sp³-hybridized carbons (Fsp3) is 0.250. The largest absolute Gasteiger partial charge is 0.473 e. The fourth-order valence-electron chi connectivity index (χ4n) is 2.67. The third-order valence-corrected chi connectivity index (χ3v) is 4.36. The second-order valence-corrected chi connectivity index (χ2v) is 6.50. The van der Waals surface area contributed by atoms with Crippen molar-refractivity contribution in [3.8, 4) is 17.1 Å². The number of nitrogens with zero attached hydrogens (tertiary/aromatic N) is 2. The Labute approximate surface area is 155 Å². The lowest BCUT2D eigenvalue weighted by molar-refractivity contribution is 0.0950. The second-order valence-electron chi connectivity index (χ2n) is 6.50. The van der Waals surface area contributed by atoms with Gasteiger partial charge >= 0.3 is 0 Å². The summed E-state index contributed by atoms with van der Waals surface area (Å²) in [6.07, 6.45) is 3.55. The van der Waals surface area contributed by atoms with E-state index in [-0.39, 0.29) is 18.3 Å². The molecular weight excluding hydrogens is 349 g/mol. The van der Waals surface area contributed by atoms with Crippen LogP contribution >= 0.6 is 0 Å². The minimum absolute atomic E-state index is 0.125. The van der Waals surface area contributed by atoms with Crippen LogP contribution in [0.15, 0.2) is 47.1 Å². The Morgan fingerprint density at radius 2 is 2.19 bits per heavy atom. The third kappa shape index (κ3) is 3.97. The maximum Gasteiger partial charge on any atom is 0.253 e. The molecule has 0 unspecified atom stereocenters. The maximum atomic E-state index is 13.5. The van der Waals surface area contributed by atoms with Crippen molar-refractivity contribution in [2.75, 3.05) is 0 Å². The van der Waals surface area contributed by atoms with Crippen molar-refractivity contribution in [1.82, 2.24) is 15.5 Å². The zero-order valence-electron chi connectivity index (χ0n) is 14.7. The molecule has 1 aromatic carbocycles. The maximum absolute atomic E-state index is 13.5. The Morgan fingerprint density at radius 1 is 1.33 bits per heavy atom. The fourth-order valence-corrected chi connectivity index (χ4v) is 2.67. The van der Waals surface area contributed by atoms with Crippen molar-refractivity contribution in [1.29, 1.82) is 0 Å². The summed E-state index contributed by atoms with van der Waals surface area (Å²) in [4.78, 5) is 16.2. The summed E-state index contributed by atoms with van der Waals surface area (Å²) in [7, 11) is 0. The summed E-state index contributed by atoms with van der Waals surface area (Å²) < 4.78 is 24.5. The minimum Gasteiger partial charge on any atom is -0.473 e. The van der Waals surface area contributed by atoms with Crippen LogP contribution in [-0.2, 0) is 6.61 Å². The molecule has 1 saturated carbocycles. The van der Waals surface area contributed by atoms with Crippen LogP contribution in [0.1, 0.15) is 34.5 Å². The van der Waals surface area contributed by atoms with E-state index in [4.69, 9.17) is 9.26 Å². The summed E-state index contributed by atoms with van der Waals surface area (Å²) in [6, 6.07) is 9.76. The van der Waals surface area contributed by atoms with Crippen LogP contribution in [0.4, 0.5) is 4.39 Å². The van der Waals surface area contributed by atoms with E-state index in [2.05, 4.69) is 15.5 Å². The van der Waals surface area contributed by atoms with Gasteiger partial charge in [-0.15, -0.1) is 0 Å². The molecule has 0 aliphatic heterocycles. The highest BCUT2D eigenvalue weighted by molar-refractivity contribution is 5.94. The highest BCUT2D eigenvalue weighted by Gasteiger charge is 2.24. The van der Waals surface area contributed by atoms with Crippen molar-refractivity contribution >= 4 is 5.91 Å². The van der Waals surface area contributed by atoms with Gasteiger partial charge in [0.05, 0.1) is 11.1 Å². The first-order valence-electron chi connectivity index (χ1n) is 8.71. The molecule has 27 heavy (non-hydrogen) atoms. The Bertz CT molecular complexity index is 965. The van der Waals surface area contributed by atoms with E-state index in [1.807, 2.05) is 0 Å². The number of benzene rings is 1. The summed E-state index contributed by atoms with van der Waals surface area (Å²) in [5.74, 6) is 0.500. The number of halogens is 1. The molecule has 7 heteroatoms. The van der Waals surface area contributed by atoms with Gasteiger partial charge < -0.3 is 14.6 Å². The molecule has 138 valence electrons. The van der Waals surface area contributed by atoms with Crippen LogP contribution in [-0.4, -0.2) is 22.1 Å². The number of rotatable bonds is 6. The van der Waals surface area contributed by atoms with Crippen LogP contribution in [0.3, 0.4) is 0 Å². The quantitative estimate of drug-likeness (QED) is 0.719. The van der Waals surface area contributed by atoms with Gasteiger partial charge in [-0.1, -0.05) is 17.3 Å². The first kappa shape index (κ1) is 17.2. The predicted molar refractivity (Wildman–Crippen MR) is 95.7 cm³/mol. The lowest BCUT2D eigenvalue weighted by atomic mass is 10.1. The SMILES string of the molecule is Cc1onc(-c2cccc(F)c2)c1COc1ccc(C(=O)NC2CC2)cn1. The molecule has 2 heterocycles. The summed E-state index contributed by atoms with van der Waals surface area (Å²) in [5.41, 5.74) is 2.37. The second kappa shape index (κ2) is 7.19. The van der Waals surface area contributed by atoms with Gasteiger partial charge in [-0.3, -0.25) is 4.79 Å². The molecule has 1 aliphatic carbocycles. The van der Waals surface area contributed by atoms with E-state index in [0.29, 0.717) is 34.5 Å². The molecule has 0 radical (unpaired) electrons. The van der Waals surface area contributed by atoms with Gasteiger partial charge in [0.2, 0.25) is 5.88 Å². The molecule has 1 aliphatic rings. The molecule has 1 N–H and O–H groups in total. The highest BCUT2D eigenvalue weighted by Crippen LogP contribution is 2.27. The third-order valence-electron chi connectivity index (χ3n) is 4.36.